The maximum Gasteiger partial charge on any atom is 0.302 e. The number of imidazole rings is 1. The summed E-state index contributed by atoms with van der Waals surface area (Å²) in [6.07, 6.45) is 7.71. The van der Waals surface area contributed by atoms with Crippen LogP contribution in [0.1, 0.15) is 97.3 Å². The van der Waals surface area contributed by atoms with Crippen molar-refractivity contribution in [3.8, 4) is 0 Å². The van der Waals surface area contributed by atoms with Gasteiger partial charge >= 0.3 is 5.97 Å². The van der Waals surface area contributed by atoms with Crippen molar-refractivity contribution in [2.24, 2.45) is 5.92 Å². The molecule has 1 aliphatic rings. The van der Waals surface area contributed by atoms with Crippen LogP contribution in [0.2, 0.25) is 5.15 Å². The van der Waals surface area contributed by atoms with Crippen LogP contribution in [0.4, 0.5) is 0 Å². The zero-order chi connectivity index (χ0) is 28.5. The lowest BCUT2D eigenvalue weighted by Gasteiger charge is -2.27. The lowest BCUT2D eigenvalue weighted by molar-refractivity contribution is -0.142. The van der Waals surface area contributed by atoms with Crippen LogP contribution in [0.25, 0.3) is 0 Å². The molecule has 7 nitrogen and oxygen atoms in total. The van der Waals surface area contributed by atoms with Gasteiger partial charge in [0.05, 0.1) is 12.0 Å². The second-order valence-electron chi connectivity index (χ2n) is 10.5. The molecule has 0 aliphatic heterocycles. The van der Waals surface area contributed by atoms with Gasteiger partial charge in [0.15, 0.2) is 11.4 Å². The summed E-state index contributed by atoms with van der Waals surface area (Å²) in [6.45, 7) is 4.04. The van der Waals surface area contributed by atoms with Gasteiger partial charge in [0.2, 0.25) is 5.91 Å². The lowest BCUT2D eigenvalue weighted by atomic mass is 9.83. The molecule has 212 valence electrons. The Balaban J connectivity index is 1.57. The van der Waals surface area contributed by atoms with Crippen molar-refractivity contribution in [2.45, 2.75) is 77.3 Å². The van der Waals surface area contributed by atoms with E-state index in [1.807, 2.05) is 59.2 Å². The van der Waals surface area contributed by atoms with Gasteiger partial charge in [0.25, 0.3) is 0 Å². The summed E-state index contributed by atoms with van der Waals surface area (Å²) < 4.78 is 7.19. The Bertz CT molecular complexity index is 1280. The van der Waals surface area contributed by atoms with E-state index in [1.54, 1.807) is 0 Å². The summed E-state index contributed by atoms with van der Waals surface area (Å²) in [5.41, 5.74) is 3.24. The van der Waals surface area contributed by atoms with Crippen molar-refractivity contribution in [1.29, 1.82) is 0 Å². The average Bonchev–Trinajstić information content (AvgIpc) is 3.59. The highest BCUT2D eigenvalue weighted by Crippen LogP contribution is 2.38. The van der Waals surface area contributed by atoms with Gasteiger partial charge in [0, 0.05) is 19.9 Å². The Morgan fingerprint density at radius 1 is 1.10 bits per heavy atom. The highest BCUT2D eigenvalue weighted by atomic mass is 35.5. The maximum absolute atomic E-state index is 13.8. The first-order valence-electron chi connectivity index (χ1n) is 14.2. The van der Waals surface area contributed by atoms with Crippen molar-refractivity contribution in [2.75, 3.05) is 6.61 Å². The summed E-state index contributed by atoms with van der Waals surface area (Å²) in [6, 6.07) is 17.2. The van der Waals surface area contributed by atoms with Gasteiger partial charge in [0.1, 0.15) is 18.1 Å². The fourth-order valence-electron chi connectivity index (χ4n) is 5.61. The largest absolute Gasteiger partial charge is 0.463 e. The number of hydrogen-bond acceptors (Lipinski definition) is 5. The molecule has 0 radical (unpaired) electrons. The number of aromatic nitrogens is 2. The number of ether oxygens (including phenoxy) is 1. The molecular formula is C32H38ClN3O4. The fraction of sp³-hybridized carbons (Fsp3) is 0.438. The van der Waals surface area contributed by atoms with Gasteiger partial charge in [-0.3, -0.25) is 14.4 Å². The first-order chi connectivity index (χ1) is 19.4. The van der Waals surface area contributed by atoms with Crippen LogP contribution in [0.3, 0.4) is 0 Å². The topological polar surface area (TPSA) is 90.3 Å². The van der Waals surface area contributed by atoms with E-state index in [0.29, 0.717) is 12.2 Å². The molecule has 2 unspecified atom stereocenters. The minimum Gasteiger partial charge on any atom is -0.463 e. The summed E-state index contributed by atoms with van der Waals surface area (Å²) in [7, 11) is 0. The molecule has 1 aromatic heterocycles. The zero-order valence-corrected chi connectivity index (χ0v) is 24.0. The molecule has 0 spiro atoms. The molecule has 1 saturated carbocycles. The minimum atomic E-state index is -0.435. The number of hydrogen-bond donors (Lipinski definition) is 1. The molecule has 1 heterocycles. The predicted molar refractivity (Wildman–Crippen MR) is 155 cm³/mol. The number of esters is 1. The molecule has 2 aromatic carbocycles. The van der Waals surface area contributed by atoms with Crippen LogP contribution in [-0.2, 0) is 27.3 Å². The van der Waals surface area contributed by atoms with E-state index >= 15 is 0 Å². The zero-order valence-electron chi connectivity index (χ0n) is 23.3. The first kappa shape index (κ1) is 29.5. The third-order valence-electron chi connectivity index (χ3n) is 7.71. The second kappa shape index (κ2) is 14.3. The van der Waals surface area contributed by atoms with E-state index < -0.39 is 6.04 Å². The molecule has 1 aliphatic carbocycles. The standard InChI is InChI=1S/C32H38ClN3O4/c1-3-4-14-29-35-31(33)28(20-37)36(29)19-23-15-17-26(18-16-23)30(25-12-8-9-13-25)32(39)34-27(21-40-22(2)38)24-10-6-5-7-11-24/h5-7,10-11,15-18,20,25,27,30H,3-4,8-9,12-14,19,21H2,1-2H3,(H,34,39). The van der Waals surface area contributed by atoms with Gasteiger partial charge in [-0.15, -0.1) is 0 Å². The Morgan fingerprint density at radius 2 is 1.80 bits per heavy atom. The van der Waals surface area contributed by atoms with Crippen LogP contribution in [0, 0.1) is 5.92 Å². The van der Waals surface area contributed by atoms with Crippen molar-refractivity contribution < 1.29 is 19.1 Å². The smallest absolute Gasteiger partial charge is 0.302 e. The highest BCUT2D eigenvalue weighted by molar-refractivity contribution is 6.31. The van der Waals surface area contributed by atoms with E-state index in [0.717, 1.165) is 73.7 Å². The SMILES string of the molecule is CCCCc1nc(Cl)c(C=O)n1Cc1ccc(C(C(=O)NC(COC(C)=O)c2ccccc2)C2CCCC2)cc1. The number of halogens is 1. The van der Waals surface area contributed by atoms with E-state index in [1.165, 1.54) is 6.92 Å². The monoisotopic (exact) mass is 563 g/mol. The van der Waals surface area contributed by atoms with E-state index in [4.69, 9.17) is 16.3 Å². The molecule has 40 heavy (non-hydrogen) atoms. The van der Waals surface area contributed by atoms with Gasteiger partial charge < -0.3 is 14.6 Å². The van der Waals surface area contributed by atoms with Crippen LogP contribution >= 0.6 is 11.6 Å². The Morgan fingerprint density at radius 3 is 2.42 bits per heavy atom. The number of carbonyl (C=O) groups is 3. The maximum atomic E-state index is 13.8. The molecule has 1 amide bonds. The number of nitrogens with zero attached hydrogens (tertiary/aromatic N) is 2. The van der Waals surface area contributed by atoms with Gasteiger partial charge in [-0.25, -0.2) is 4.98 Å². The van der Waals surface area contributed by atoms with E-state index in [2.05, 4.69) is 17.2 Å². The molecule has 4 rings (SSSR count). The Kier molecular flexibility index (Phi) is 10.5. The lowest BCUT2D eigenvalue weighted by Crippen LogP contribution is -2.37. The third kappa shape index (κ3) is 7.39. The van der Waals surface area contributed by atoms with Gasteiger partial charge in [-0.05, 0) is 41.9 Å². The number of rotatable bonds is 13. The molecule has 1 N–H and O–H groups in total. The first-order valence-corrected chi connectivity index (χ1v) is 14.6. The number of benzene rings is 2. The summed E-state index contributed by atoms with van der Waals surface area (Å²) in [5, 5.41) is 3.42. The average molecular weight is 564 g/mol. The Hall–Kier alpha value is -3.45. The van der Waals surface area contributed by atoms with Crippen LogP contribution in [0.15, 0.2) is 54.6 Å². The van der Waals surface area contributed by atoms with Gasteiger partial charge in [-0.1, -0.05) is 92.4 Å². The van der Waals surface area contributed by atoms with E-state index in [-0.39, 0.29) is 35.5 Å². The van der Waals surface area contributed by atoms with E-state index in [9.17, 15) is 14.4 Å². The number of aryl methyl sites for hydroxylation is 1. The van der Waals surface area contributed by atoms with Gasteiger partial charge in [-0.2, -0.15) is 0 Å². The summed E-state index contributed by atoms with van der Waals surface area (Å²) >= 11 is 6.26. The molecular weight excluding hydrogens is 526 g/mol. The fourth-order valence-corrected chi connectivity index (χ4v) is 5.85. The van der Waals surface area contributed by atoms with Crippen molar-refractivity contribution in [1.82, 2.24) is 14.9 Å². The van der Waals surface area contributed by atoms with Crippen LogP contribution in [-0.4, -0.2) is 34.3 Å². The number of nitrogens with one attached hydrogen (secondary N) is 1. The quantitative estimate of drug-likeness (QED) is 0.191. The predicted octanol–water partition coefficient (Wildman–Crippen LogP) is 6.43. The second-order valence-corrected chi connectivity index (χ2v) is 10.9. The molecule has 0 saturated heterocycles. The van der Waals surface area contributed by atoms with Crippen molar-refractivity contribution in [3.63, 3.8) is 0 Å². The Labute approximate surface area is 241 Å². The summed E-state index contributed by atoms with van der Waals surface area (Å²) in [5.74, 6) is 0.292. The molecule has 8 heteroatoms. The molecule has 2 atom stereocenters. The molecule has 0 bridgehead atoms. The normalized spacial score (nSPS) is 15.0. The summed E-state index contributed by atoms with van der Waals surface area (Å²) in [4.78, 5) is 41.6. The van der Waals surface area contributed by atoms with Crippen molar-refractivity contribution in [3.05, 3.63) is 88.0 Å². The highest BCUT2D eigenvalue weighted by Gasteiger charge is 2.33. The number of amides is 1. The number of aldehydes is 1. The number of unbranched alkanes of at least 4 members (excludes halogenated alkanes) is 1. The molecule has 1 fully saturated rings. The number of carbonyl (C=O) groups excluding carboxylic acids is 3. The van der Waals surface area contributed by atoms with Crippen molar-refractivity contribution >= 4 is 29.8 Å². The van der Waals surface area contributed by atoms with Crippen LogP contribution in [0.5, 0.6) is 0 Å². The molecule has 3 aromatic rings. The minimum absolute atomic E-state index is 0.0628. The van der Waals surface area contributed by atoms with Crippen LogP contribution < -0.4 is 5.32 Å². The third-order valence-corrected chi connectivity index (χ3v) is 7.99.